The lowest BCUT2D eigenvalue weighted by Crippen LogP contribution is -2.30. The monoisotopic (exact) mass is 269 g/mol. The molecule has 0 amide bonds. The van der Waals surface area contributed by atoms with Crippen LogP contribution >= 0.6 is 0 Å². The van der Waals surface area contributed by atoms with Gasteiger partial charge in [0.2, 0.25) is 0 Å². The van der Waals surface area contributed by atoms with Gasteiger partial charge in [0.15, 0.2) is 0 Å². The van der Waals surface area contributed by atoms with E-state index in [9.17, 15) is 8.78 Å². The molecule has 0 aliphatic heterocycles. The molecular weight excluding hydrogens is 248 g/mol. The minimum absolute atomic E-state index is 0.200. The van der Waals surface area contributed by atoms with Crippen molar-refractivity contribution in [1.82, 2.24) is 0 Å². The molecule has 0 heterocycles. The average Bonchev–Trinajstić information content (AvgIpc) is 2.36. The van der Waals surface area contributed by atoms with Crippen molar-refractivity contribution in [2.24, 2.45) is 11.8 Å². The van der Waals surface area contributed by atoms with E-state index >= 15 is 0 Å². The number of nitrogens with one attached hydrogen (secondary N) is 1. The average molecular weight is 269 g/mol. The second kappa shape index (κ2) is 6.22. The lowest BCUT2D eigenvalue weighted by atomic mass is 9.79. The largest absolute Gasteiger partial charge is 0.435 e. The fraction of sp³-hybridized carbons (Fsp3) is 0.600. The lowest BCUT2D eigenvalue weighted by Gasteiger charge is -2.33. The Kier molecular flexibility index (Phi) is 4.61. The third-order valence-corrected chi connectivity index (χ3v) is 4.05. The molecule has 1 saturated carbocycles. The third kappa shape index (κ3) is 4.08. The Labute approximate surface area is 113 Å². The predicted molar refractivity (Wildman–Crippen MR) is 72.7 cm³/mol. The quantitative estimate of drug-likeness (QED) is 0.867. The van der Waals surface area contributed by atoms with E-state index in [0.29, 0.717) is 6.04 Å². The zero-order chi connectivity index (χ0) is 13.8. The number of hydrogen-bond acceptors (Lipinski definition) is 2. The van der Waals surface area contributed by atoms with Crippen LogP contribution in [0.2, 0.25) is 0 Å². The van der Waals surface area contributed by atoms with Gasteiger partial charge in [0, 0.05) is 11.7 Å². The Morgan fingerprint density at radius 2 is 1.79 bits per heavy atom. The highest BCUT2D eigenvalue weighted by atomic mass is 19.3. The van der Waals surface area contributed by atoms with E-state index in [1.54, 1.807) is 24.3 Å². The summed E-state index contributed by atoms with van der Waals surface area (Å²) in [6.07, 6.45) is 3.57. The molecule has 0 spiro atoms. The molecule has 3 atom stereocenters. The summed E-state index contributed by atoms with van der Waals surface area (Å²) in [5.41, 5.74) is 0.966. The molecule has 0 radical (unpaired) electrons. The highest BCUT2D eigenvalue weighted by molar-refractivity contribution is 5.47. The van der Waals surface area contributed by atoms with Crippen LogP contribution in [0.1, 0.15) is 33.1 Å². The number of hydrogen-bond donors (Lipinski definition) is 1. The molecule has 1 fully saturated rings. The van der Waals surface area contributed by atoms with Crippen LogP contribution in [0.5, 0.6) is 5.75 Å². The van der Waals surface area contributed by atoms with Gasteiger partial charge in [-0.3, -0.25) is 0 Å². The fourth-order valence-electron chi connectivity index (χ4n) is 2.65. The molecule has 3 unspecified atom stereocenters. The van der Waals surface area contributed by atoms with E-state index in [1.807, 2.05) is 0 Å². The normalized spacial score (nSPS) is 27.3. The first-order valence-electron chi connectivity index (χ1n) is 6.86. The molecular formula is C15H21F2NO. The molecule has 1 aliphatic carbocycles. The molecule has 19 heavy (non-hydrogen) atoms. The molecule has 1 aromatic rings. The van der Waals surface area contributed by atoms with E-state index in [4.69, 9.17) is 0 Å². The van der Waals surface area contributed by atoms with Crippen LogP contribution in [0.4, 0.5) is 14.5 Å². The van der Waals surface area contributed by atoms with Gasteiger partial charge in [-0.1, -0.05) is 13.8 Å². The van der Waals surface area contributed by atoms with E-state index < -0.39 is 6.61 Å². The van der Waals surface area contributed by atoms with Gasteiger partial charge in [-0.05, 0) is 55.4 Å². The zero-order valence-electron chi connectivity index (χ0n) is 11.4. The van der Waals surface area contributed by atoms with Gasteiger partial charge in [0.25, 0.3) is 0 Å². The summed E-state index contributed by atoms with van der Waals surface area (Å²) in [6.45, 7) is 1.83. The van der Waals surface area contributed by atoms with Crippen LogP contribution < -0.4 is 10.1 Å². The molecule has 1 aromatic carbocycles. The Morgan fingerprint density at radius 3 is 2.37 bits per heavy atom. The first kappa shape index (κ1) is 14.1. The SMILES string of the molecule is CC1CCC(Nc2ccc(OC(F)F)cc2)CC1C. The molecule has 0 aromatic heterocycles. The van der Waals surface area contributed by atoms with Crippen molar-refractivity contribution in [3.05, 3.63) is 24.3 Å². The summed E-state index contributed by atoms with van der Waals surface area (Å²) in [5, 5.41) is 3.47. The molecule has 0 saturated heterocycles. The van der Waals surface area contributed by atoms with Crippen molar-refractivity contribution in [3.63, 3.8) is 0 Å². The first-order chi connectivity index (χ1) is 9.04. The smallest absolute Gasteiger partial charge is 0.387 e. The molecule has 106 valence electrons. The number of alkyl halides is 2. The predicted octanol–water partition coefficient (Wildman–Crippen LogP) is 4.52. The van der Waals surface area contributed by atoms with Crippen molar-refractivity contribution in [2.45, 2.75) is 45.8 Å². The standard InChI is InChI=1S/C15H21F2NO/c1-10-3-4-13(9-11(10)2)18-12-5-7-14(8-6-12)19-15(16)17/h5-8,10-11,13,15,18H,3-4,9H2,1-2H3. The van der Waals surface area contributed by atoms with Crippen LogP contribution in [0, 0.1) is 11.8 Å². The van der Waals surface area contributed by atoms with Gasteiger partial charge < -0.3 is 10.1 Å². The Balaban J connectivity index is 1.89. The maximum absolute atomic E-state index is 12.0. The summed E-state index contributed by atoms with van der Waals surface area (Å²) in [6, 6.07) is 7.21. The van der Waals surface area contributed by atoms with Gasteiger partial charge >= 0.3 is 6.61 Å². The summed E-state index contributed by atoms with van der Waals surface area (Å²) >= 11 is 0. The van der Waals surface area contributed by atoms with E-state index in [-0.39, 0.29) is 5.75 Å². The van der Waals surface area contributed by atoms with Crippen LogP contribution in [0.3, 0.4) is 0 Å². The Morgan fingerprint density at radius 1 is 1.11 bits per heavy atom. The van der Waals surface area contributed by atoms with Crippen molar-refractivity contribution in [3.8, 4) is 5.75 Å². The Bertz CT molecular complexity index is 394. The van der Waals surface area contributed by atoms with Gasteiger partial charge in [-0.25, -0.2) is 0 Å². The number of halogens is 2. The third-order valence-electron chi connectivity index (χ3n) is 4.05. The summed E-state index contributed by atoms with van der Waals surface area (Å²) < 4.78 is 28.4. The van der Waals surface area contributed by atoms with Crippen LogP contribution in [0.25, 0.3) is 0 Å². The number of anilines is 1. The summed E-state index contributed by atoms with van der Waals surface area (Å²) in [7, 11) is 0. The summed E-state index contributed by atoms with van der Waals surface area (Å²) in [4.78, 5) is 0. The number of rotatable bonds is 4. The van der Waals surface area contributed by atoms with Crippen LogP contribution in [-0.2, 0) is 0 Å². The van der Waals surface area contributed by atoms with Gasteiger partial charge in [-0.2, -0.15) is 8.78 Å². The van der Waals surface area contributed by atoms with E-state index in [1.165, 1.54) is 12.8 Å². The summed E-state index contributed by atoms with van der Waals surface area (Å²) in [5.74, 6) is 1.72. The number of benzene rings is 1. The minimum Gasteiger partial charge on any atom is -0.435 e. The molecule has 1 aliphatic rings. The van der Waals surface area contributed by atoms with E-state index in [0.717, 1.165) is 23.9 Å². The molecule has 2 nitrogen and oxygen atoms in total. The van der Waals surface area contributed by atoms with E-state index in [2.05, 4.69) is 23.9 Å². The topological polar surface area (TPSA) is 21.3 Å². The number of ether oxygens (including phenoxy) is 1. The maximum atomic E-state index is 12.0. The van der Waals surface area contributed by atoms with Crippen molar-refractivity contribution in [2.75, 3.05) is 5.32 Å². The maximum Gasteiger partial charge on any atom is 0.387 e. The lowest BCUT2D eigenvalue weighted by molar-refractivity contribution is -0.0498. The van der Waals surface area contributed by atoms with Crippen molar-refractivity contribution < 1.29 is 13.5 Å². The molecule has 2 rings (SSSR count). The highest BCUT2D eigenvalue weighted by Gasteiger charge is 2.24. The van der Waals surface area contributed by atoms with Crippen molar-refractivity contribution in [1.29, 1.82) is 0 Å². The molecule has 0 bridgehead atoms. The van der Waals surface area contributed by atoms with Gasteiger partial charge in [-0.15, -0.1) is 0 Å². The zero-order valence-corrected chi connectivity index (χ0v) is 11.4. The Hall–Kier alpha value is -1.32. The first-order valence-corrected chi connectivity index (χ1v) is 6.86. The minimum atomic E-state index is -2.76. The fourth-order valence-corrected chi connectivity index (χ4v) is 2.65. The van der Waals surface area contributed by atoms with Gasteiger partial charge in [0.1, 0.15) is 5.75 Å². The van der Waals surface area contributed by atoms with Crippen molar-refractivity contribution >= 4 is 5.69 Å². The molecule has 1 N–H and O–H groups in total. The van der Waals surface area contributed by atoms with Crippen LogP contribution in [-0.4, -0.2) is 12.7 Å². The molecule has 4 heteroatoms. The second-order valence-electron chi connectivity index (χ2n) is 5.51. The highest BCUT2D eigenvalue weighted by Crippen LogP contribution is 2.31. The second-order valence-corrected chi connectivity index (χ2v) is 5.51. The van der Waals surface area contributed by atoms with Crippen LogP contribution in [0.15, 0.2) is 24.3 Å². The van der Waals surface area contributed by atoms with Gasteiger partial charge in [0.05, 0.1) is 0 Å².